The van der Waals surface area contributed by atoms with Gasteiger partial charge in [-0.3, -0.25) is 9.80 Å². The predicted octanol–water partition coefficient (Wildman–Crippen LogP) is 0.967. The number of hydrogen-bond acceptors (Lipinski definition) is 2. The third-order valence-electron chi connectivity index (χ3n) is 1.54. The van der Waals surface area contributed by atoms with E-state index in [2.05, 4.69) is 0 Å². The molecule has 0 aromatic heterocycles. The van der Waals surface area contributed by atoms with Crippen molar-refractivity contribution in [2.45, 2.75) is 20.8 Å². The minimum absolute atomic E-state index is 0.127. The van der Waals surface area contributed by atoms with E-state index in [0.29, 0.717) is 0 Å². The number of carbonyl (C=O) groups excluding carboxylic acids is 1. The van der Waals surface area contributed by atoms with Crippen LogP contribution >= 0.6 is 0 Å². The van der Waals surface area contributed by atoms with Crippen LogP contribution in [0.2, 0.25) is 0 Å². The lowest BCUT2D eigenvalue weighted by Gasteiger charge is -2.30. The molecule has 0 aromatic carbocycles. The van der Waals surface area contributed by atoms with Crippen molar-refractivity contribution in [3.05, 3.63) is 0 Å². The highest BCUT2D eigenvalue weighted by Gasteiger charge is 2.25. The van der Waals surface area contributed by atoms with Crippen molar-refractivity contribution in [3.8, 4) is 0 Å². The highest BCUT2D eigenvalue weighted by atomic mass is 16.2. The molecule has 0 heterocycles. The Balaban J connectivity index is 4.26. The summed E-state index contributed by atoms with van der Waals surface area (Å²) in [5.41, 5.74) is -0.293. The number of hydrazine groups is 1. The number of amides is 1. The number of carbonyl (C=O) groups is 1. The van der Waals surface area contributed by atoms with Crippen LogP contribution in [0, 0.1) is 5.41 Å². The summed E-state index contributed by atoms with van der Waals surface area (Å²) < 4.78 is 0. The Bertz CT molecular complexity index is 147. The van der Waals surface area contributed by atoms with Gasteiger partial charge in [-0.15, -0.1) is 0 Å². The zero-order valence-electron chi connectivity index (χ0n) is 8.30. The lowest BCUT2D eigenvalue weighted by atomic mass is 9.95. The minimum Gasteiger partial charge on any atom is -0.279 e. The lowest BCUT2D eigenvalue weighted by molar-refractivity contribution is -0.150. The third kappa shape index (κ3) is 2.89. The van der Waals surface area contributed by atoms with Gasteiger partial charge in [0.25, 0.3) is 0 Å². The first-order valence-corrected chi connectivity index (χ1v) is 3.72. The minimum atomic E-state index is -0.293. The Labute approximate surface area is 68.9 Å². The van der Waals surface area contributed by atoms with Gasteiger partial charge in [0.15, 0.2) is 0 Å². The molecule has 0 saturated heterocycles. The molecule has 0 spiro atoms. The SMILES string of the molecule is CN(C)N(C)C(=O)C(C)(C)C. The fourth-order valence-corrected chi connectivity index (χ4v) is 0.667. The van der Waals surface area contributed by atoms with E-state index in [4.69, 9.17) is 0 Å². The molecule has 0 unspecified atom stereocenters. The van der Waals surface area contributed by atoms with E-state index in [1.165, 1.54) is 0 Å². The Morgan fingerprint density at radius 2 is 1.45 bits per heavy atom. The number of nitrogens with zero attached hydrogens (tertiary/aromatic N) is 2. The van der Waals surface area contributed by atoms with Crippen molar-refractivity contribution in [2.24, 2.45) is 5.41 Å². The van der Waals surface area contributed by atoms with Gasteiger partial charge in [0.1, 0.15) is 0 Å². The van der Waals surface area contributed by atoms with Crippen LogP contribution in [0.25, 0.3) is 0 Å². The fourth-order valence-electron chi connectivity index (χ4n) is 0.667. The summed E-state index contributed by atoms with van der Waals surface area (Å²) in [5, 5.41) is 3.38. The van der Waals surface area contributed by atoms with Gasteiger partial charge in [-0.05, 0) is 0 Å². The van der Waals surface area contributed by atoms with E-state index in [0.717, 1.165) is 0 Å². The van der Waals surface area contributed by atoms with Crippen molar-refractivity contribution >= 4 is 5.91 Å². The molecule has 0 aliphatic heterocycles. The largest absolute Gasteiger partial charge is 0.279 e. The monoisotopic (exact) mass is 158 g/mol. The second-order valence-electron chi connectivity index (χ2n) is 3.93. The van der Waals surface area contributed by atoms with Crippen LogP contribution < -0.4 is 0 Å². The maximum Gasteiger partial charge on any atom is 0.241 e. The molecule has 11 heavy (non-hydrogen) atoms. The molecular formula is C8H18N2O. The van der Waals surface area contributed by atoms with Crippen LogP contribution in [0.15, 0.2) is 0 Å². The molecular weight excluding hydrogens is 140 g/mol. The molecule has 0 rings (SSSR count). The summed E-state index contributed by atoms with van der Waals surface area (Å²) in [7, 11) is 5.47. The molecule has 0 atom stereocenters. The number of rotatable bonds is 1. The highest BCUT2D eigenvalue weighted by molar-refractivity contribution is 5.80. The van der Waals surface area contributed by atoms with Gasteiger partial charge >= 0.3 is 0 Å². The van der Waals surface area contributed by atoms with E-state index < -0.39 is 0 Å². The van der Waals surface area contributed by atoms with Crippen molar-refractivity contribution in [3.63, 3.8) is 0 Å². The molecule has 0 radical (unpaired) electrons. The van der Waals surface area contributed by atoms with Crippen LogP contribution in [-0.4, -0.2) is 37.1 Å². The first kappa shape index (κ1) is 10.4. The molecule has 0 bridgehead atoms. The van der Waals surface area contributed by atoms with Gasteiger partial charge in [-0.25, -0.2) is 5.01 Å². The average molecular weight is 158 g/mol. The van der Waals surface area contributed by atoms with Gasteiger partial charge < -0.3 is 0 Å². The predicted molar refractivity (Wildman–Crippen MR) is 45.9 cm³/mol. The third-order valence-corrected chi connectivity index (χ3v) is 1.54. The topological polar surface area (TPSA) is 23.6 Å². The maximum absolute atomic E-state index is 11.5. The van der Waals surface area contributed by atoms with E-state index >= 15 is 0 Å². The molecule has 0 fully saturated rings. The first-order valence-electron chi connectivity index (χ1n) is 3.72. The molecule has 1 amide bonds. The van der Waals surface area contributed by atoms with Crippen molar-refractivity contribution < 1.29 is 4.79 Å². The van der Waals surface area contributed by atoms with Crippen LogP contribution in [-0.2, 0) is 4.79 Å². The molecule has 0 aliphatic rings. The lowest BCUT2D eigenvalue weighted by Crippen LogP contribution is -2.44. The molecule has 0 aromatic rings. The Morgan fingerprint density at radius 1 is 1.09 bits per heavy atom. The fraction of sp³-hybridized carbons (Fsp3) is 0.875. The smallest absolute Gasteiger partial charge is 0.241 e. The van der Waals surface area contributed by atoms with E-state index in [1.54, 1.807) is 17.1 Å². The summed E-state index contributed by atoms with van der Waals surface area (Å²) in [6.07, 6.45) is 0. The van der Waals surface area contributed by atoms with Gasteiger partial charge in [-0.2, -0.15) is 0 Å². The summed E-state index contributed by atoms with van der Waals surface area (Å²) in [5.74, 6) is 0.127. The summed E-state index contributed by atoms with van der Waals surface area (Å²) in [6.45, 7) is 5.74. The van der Waals surface area contributed by atoms with Crippen LogP contribution in [0.3, 0.4) is 0 Å². The Morgan fingerprint density at radius 3 is 1.55 bits per heavy atom. The Kier molecular flexibility index (Phi) is 3.05. The molecule has 0 N–H and O–H groups in total. The van der Waals surface area contributed by atoms with Crippen LogP contribution in [0.1, 0.15) is 20.8 Å². The molecule has 0 aliphatic carbocycles. The summed E-state index contributed by atoms with van der Waals surface area (Å²) in [4.78, 5) is 11.5. The summed E-state index contributed by atoms with van der Waals surface area (Å²) >= 11 is 0. The second-order valence-corrected chi connectivity index (χ2v) is 3.93. The highest BCUT2D eigenvalue weighted by Crippen LogP contribution is 2.16. The second kappa shape index (κ2) is 3.22. The number of hydrogen-bond donors (Lipinski definition) is 0. The quantitative estimate of drug-likeness (QED) is 0.531. The molecule has 0 saturated carbocycles. The average Bonchev–Trinajstić information content (AvgIpc) is 1.82. The normalized spacial score (nSPS) is 11.9. The summed E-state index contributed by atoms with van der Waals surface area (Å²) in [6, 6.07) is 0. The maximum atomic E-state index is 11.5. The first-order chi connectivity index (χ1) is 4.76. The van der Waals surface area contributed by atoms with Gasteiger partial charge in [0.05, 0.1) is 0 Å². The standard InChI is InChI=1S/C8H18N2O/c1-8(2,3)7(11)10(6)9(4)5/h1-6H3. The zero-order valence-corrected chi connectivity index (χ0v) is 8.30. The van der Waals surface area contributed by atoms with Gasteiger partial charge in [-0.1, -0.05) is 20.8 Å². The Hall–Kier alpha value is -0.570. The molecule has 3 heteroatoms. The molecule has 66 valence electrons. The van der Waals surface area contributed by atoms with E-state index in [-0.39, 0.29) is 11.3 Å². The van der Waals surface area contributed by atoms with Gasteiger partial charge in [0.2, 0.25) is 5.91 Å². The van der Waals surface area contributed by atoms with Crippen LogP contribution in [0.5, 0.6) is 0 Å². The van der Waals surface area contributed by atoms with E-state index in [1.807, 2.05) is 34.9 Å². The zero-order chi connectivity index (χ0) is 9.23. The van der Waals surface area contributed by atoms with Gasteiger partial charge in [0, 0.05) is 26.6 Å². The van der Waals surface area contributed by atoms with E-state index in [9.17, 15) is 4.79 Å². The van der Waals surface area contributed by atoms with Crippen LogP contribution in [0.4, 0.5) is 0 Å². The van der Waals surface area contributed by atoms with Crippen molar-refractivity contribution in [1.29, 1.82) is 0 Å². The van der Waals surface area contributed by atoms with Crippen molar-refractivity contribution in [1.82, 2.24) is 10.0 Å². The molecule has 3 nitrogen and oxygen atoms in total. The van der Waals surface area contributed by atoms with Crippen molar-refractivity contribution in [2.75, 3.05) is 21.1 Å².